The lowest BCUT2D eigenvalue weighted by molar-refractivity contribution is 0.0908. The van der Waals surface area contributed by atoms with Crippen molar-refractivity contribution in [3.8, 4) is 5.75 Å². The number of carbonyl (C=O) groups excluding carboxylic acids is 1. The van der Waals surface area contributed by atoms with E-state index < -0.39 is 0 Å². The highest BCUT2D eigenvalue weighted by atomic mass is 127. The van der Waals surface area contributed by atoms with Crippen LogP contribution in [-0.4, -0.2) is 31.3 Å². The molecule has 4 nitrogen and oxygen atoms in total. The SMILES string of the molecule is COc1cc(I)c(Cl)cc1C(=O)NCC(C)(C)CO. The summed E-state index contributed by atoms with van der Waals surface area (Å²) in [5.41, 5.74) is 0.0252. The molecule has 0 spiro atoms. The Morgan fingerprint density at radius 2 is 2.16 bits per heavy atom. The standard InChI is InChI=1S/C13H17ClINO3/c1-13(2,7-17)6-16-12(18)8-4-9(14)10(15)5-11(8)19-3/h4-5,17H,6-7H2,1-3H3,(H,16,18). The third-order valence-corrected chi connectivity index (χ3v) is 4.17. The quantitative estimate of drug-likeness (QED) is 0.751. The van der Waals surface area contributed by atoms with Gasteiger partial charge in [0.05, 0.1) is 17.7 Å². The Morgan fingerprint density at radius 3 is 2.68 bits per heavy atom. The van der Waals surface area contributed by atoms with E-state index in [-0.39, 0.29) is 17.9 Å². The Balaban J connectivity index is 2.91. The number of halogens is 2. The fourth-order valence-corrected chi connectivity index (χ4v) is 1.95. The summed E-state index contributed by atoms with van der Waals surface area (Å²) >= 11 is 8.10. The number of ether oxygens (including phenoxy) is 1. The van der Waals surface area contributed by atoms with Crippen LogP contribution in [0, 0.1) is 8.99 Å². The number of aliphatic hydroxyl groups excluding tert-OH is 1. The number of aliphatic hydroxyl groups is 1. The van der Waals surface area contributed by atoms with Crippen molar-refractivity contribution in [3.63, 3.8) is 0 Å². The van der Waals surface area contributed by atoms with Gasteiger partial charge in [0, 0.05) is 22.1 Å². The van der Waals surface area contributed by atoms with Gasteiger partial charge in [0.15, 0.2) is 0 Å². The van der Waals surface area contributed by atoms with Gasteiger partial charge >= 0.3 is 0 Å². The molecule has 0 saturated heterocycles. The van der Waals surface area contributed by atoms with Crippen molar-refractivity contribution < 1.29 is 14.6 Å². The topological polar surface area (TPSA) is 58.6 Å². The predicted molar refractivity (Wildman–Crippen MR) is 83.9 cm³/mol. The van der Waals surface area contributed by atoms with Gasteiger partial charge in [-0.3, -0.25) is 4.79 Å². The second-order valence-corrected chi connectivity index (χ2v) is 6.54. The molecule has 0 aliphatic heterocycles. The summed E-state index contributed by atoms with van der Waals surface area (Å²) in [6.07, 6.45) is 0. The third kappa shape index (κ3) is 4.50. The monoisotopic (exact) mass is 397 g/mol. The summed E-state index contributed by atoms with van der Waals surface area (Å²) in [4.78, 5) is 12.1. The van der Waals surface area contributed by atoms with Gasteiger partial charge in [-0.05, 0) is 34.7 Å². The van der Waals surface area contributed by atoms with E-state index in [2.05, 4.69) is 27.9 Å². The summed E-state index contributed by atoms with van der Waals surface area (Å²) < 4.78 is 6.01. The van der Waals surface area contributed by atoms with E-state index >= 15 is 0 Å². The first kappa shape index (κ1) is 16.5. The van der Waals surface area contributed by atoms with Crippen molar-refractivity contribution in [2.45, 2.75) is 13.8 Å². The zero-order chi connectivity index (χ0) is 14.6. The van der Waals surface area contributed by atoms with Gasteiger partial charge in [-0.25, -0.2) is 0 Å². The summed E-state index contributed by atoms with van der Waals surface area (Å²) in [6, 6.07) is 3.30. The van der Waals surface area contributed by atoms with Crippen LogP contribution in [-0.2, 0) is 0 Å². The molecule has 0 unspecified atom stereocenters. The van der Waals surface area contributed by atoms with Gasteiger partial charge < -0.3 is 15.2 Å². The van der Waals surface area contributed by atoms with Crippen LogP contribution >= 0.6 is 34.2 Å². The second kappa shape index (κ2) is 6.76. The molecular formula is C13H17ClINO3. The summed E-state index contributed by atoms with van der Waals surface area (Å²) in [5.74, 6) is 0.213. The van der Waals surface area contributed by atoms with Crippen molar-refractivity contribution in [2.24, 2.45) is 5.41 Å². The first-order valence-corrected chi connectivity index (χ1v) is 7.18. The number of amides is 1. The van der Waals surface area contributed by atoms with Crippen LogP contribution in [0.5, 0.6) is 5.75 Å². The molecule has 0 fully saturated rings. The Labute approximate surface area is 131 Å². The number of hydrogen-bond donors (Lipinski definition) is 2. The minimum Gasteiger partial charge on any atom is -0.496 e. The molecule has 19 heavy (non-hydrogen) atoms. The molecule has 0 aliphatic rings. The van der Waals surface area contributed by atoms with Crippen LogP contribution in [0.4, 0.5) is 0 Å². The van der Waals surface area contributed by atoms with Gasteiger partial charge in [0.1, 0.15) is 5.75 Å². The average Bonchev–Trinajstić information content (AvgIpc) is 2.38. The third-order valence-electron chi connectivity index (χ3n) is 2.64. The van der Waals surface area contributed by atoms with Crippen molar-refractivity contribution in [1.29, 1.82) is 0 Å². The van der Waals surface area contributed by atoms with Crippen molar-refractivity contribution in [1.82, 2.24) is 5.32 Å². The maximum absolute atomic E-state index is 12.1. The largest absolute Gasteiger partial charge is 0.496 e. The molecule has 1 aromatic carbocycles. The molecule has 2 N–H and O–H groups in total. The number of benzene rings is 1. The van der Waals surface area contributed by atoms with Gasteiger partial charge in [-0.1, -0.05) is 25.4 Å². The lowest BCUT2D eigenvalue weighted by Gasteiger charge is -2.22. The molecule has 1 amide bonds. The summed E-state index contributed by atoms with van der Waals surface area (Å²) in [5, 5.41) is 12.4. The highest BCUT2D eigenvalue weighted by Gasteiger charge is 2.20. The van der Waals surface area contributed by atoms with E-state index in [1.165, 1.54) is 7.11 Å². The van der Waals surface area contributed by atoms with Gasteiger partial charge in [-0.2, -0.15) is 0 Å². The summed E-state index contributed by atoms with van der Waals surface area (Å²) in [7, 11) is 1.51. The van der Waals surface area contributed by atoms with E-state index in [9.17, 15) is 4.79 Å². The maximum Gasteiger partial charge on any atom is 0.255 e. The second-order valence-electron chi connectivity index (χ2n) is 4.97. The lowest BCUT2D eigenvalue weighted by atomic mass is 9.95. The minimum atomic E-state index is -0.365. The first-order valence-electron chi connectivity index (χ1n) is 5.73. The Morgan fingerprint density at radius 1 is 1.53 bits per heavy atom. The van der Waals surface area contributed by atoms with Crippen molar-refractivity contribution in [2.75, 3.05) is 20.3 Å². The van der Waals surface area contributed by atoms with Crippen LogP contribution in [0.3, 0.4) is 0 Å². The van der Waals surface area contributed by atoms with E-state index in [1.807, 2.05) is 13.8 Å². The van der Waals surface area contributed by atoms with Crippen molar-refractivity contribution in [3.05, 3.63) is 26.3 Å². The number of rotatable bonds is 5. The smallest absolute Gasteiger partial charge is 0.255 e. The van der Waals surface area contributed by atoms with Gasteiger partial charge in [-0.15, -0.1) is 0 Å². The van der Waals surface area contributed by atoms with Crippen LogP contribution in [0.25, 0.3) is 0 Å². The lowest BCUT2D eigenvalue weighted by Crippen LogP contribution is -2.36. The van der Waals surface area contributed by atoms with Gasteiger partial charge in [0.2, 0.25) is 0 Å². The molecule has 0 saturated carbocycles. The van der Waals surface area contributed by atoms with E-state index in [1.54, 1.807) is 12.1 Å². The molecule has 1 rings (SSSR count). The Kier molecular flexibility index (Phi) is 5.88. The average molecular weight is 398 g/mol. The molecule has 0 radical (unpaired) electrons. The normalized spacial score (nSPS) is 11.3. The Hall–Kier alpha value is -0.530. The van der Waals surface area contributed by atoms with E-state index in [0.29, 0.717) is 22.9 Å². The maximum atomic E-state index is 12.1. The number of carbonyl (C=O) groups is 1. The zero-order valence-corrected chi connectivity index (χ0v) is 14.0. The molecule has 0 atom stereocenters. The van der Waals surface area contributed by atoms with Crippen LogP contribution < -0.4 is 10.1 Å². The highest BCUT2D eigenvalue weighted by Crippen LogP contribution is 2.28. The van der Waals surface area contributed by atoms with Crippen LogP contribution in [0.2, 0.25) is 5.02 Å². The number of methoxy groups -OCH3 is 1. The molecule has 1 aromatic rings. The molecular weight excluding hydrogens is 381 g/mol. The number of hydrogen-bond acceptors (Lipinski definition) is 3. The first-order chi connectivity index (χ1) is 8.80. The van der Waals surface area contributed by atoms with Gasteiger partial charge in [0.25, 0.3) is 5.91 Å². The highest BCUT2D eigenvalue weighted by molar-refractivity contribution is 14.1. The Bertz CT molecular complexity index is 477. The molecule has 6 heteroatoms. The van der Waals surface area contributed by atoms with Crippen molar-refractivity contribution >= 4 is 40.1 Å². The minimum absolute atomic E-state index is 0.00212. The number of nitrogens with one attached hydrogen (secondary N) is 1. The fraction of sp³-hybridized carbons (Fsp3) is 0.462. The predicted octanol–water partition coefficient (Wildman–Crippen LogP) is 2.70. The zero-order valence-electron chi connectivity index (χ0n) is 11.1. The molecule has 0 aliphatic carbocycles. The van der Waals surface area contributed by atoms with Crippen LogP contribution in [0.1, 0.15) is 24.2 Å². The summed E-state index contributed by atoms with van der Waals surface area (Å²) in [6.45, 7) is 4.10. The molecule has 106 valence electrons. The van der Waals surface area contributed by atoms with Crippen LogP contribution in [0.15, 0.2) is 12.1 Å². The van der Waals surface area contributed by atoms with E-state index in [0.717, 1.165) is 3.57 Å². The molecule has 0 heterocycles. The molecule has 0 aromatic heterocycles. The van der Waals surface area contributed by atoms with E-state index in [4.69, 9.17) is 21.4 Å². The molecule has 0 bridgehead atoms. The fourth-order valence-electron chi connectivity index (χ4n) is 1.35.